The normalized spacial score (nSPS) is 15.1. The Hall–Kier alpha value is -4.61. The number of rotatable bonds is 9. The molecule has 0 radical (unpaired) electrons. The maximum absolute atomic E-state index is 13.4. The molecule has 206 valence electrons. The van der Waals surface area contributed by atoms with Crippen molar-refractivity contribution in [3.8, 4) is 0 Å². The maximum atomic E-state index is 13.4. The standard InChI is InChI=1S/C30H22FN3O5S2/c1-39-28(38)21-12-10-20(11-13-21)25-24(23(35)16-9-18-5-3-2-4-6-18)26(36)27(37)34(25)29-32-33-30(41-29)40-17-19-7-14-22(31)15-8-19/h2-16,25,36H,17H2,1H3/b16-9+. The highest BCUT2D eigenvalue weighted by atomic mass is 32.2. The number of halogens is 1. The second kappa shape index (κ2) is 12.3. The highest BCUT2D eigenvalue weighted by Gasteiger charge is 2.45. The number of anilines is 1. The second-order valence-electron chi connectivity index (χ2n) is 8.83. The number of aromatic nitrogens is 2. The predicted octanol–water partition coefficient (Wildman–Crippen LogP) is 5.94. The van der Waals surface area contributed by atoms with Crippen LogP contribution in [0.4, 0.5) is 9.52 Å². The molecule has 8 nitrogen and oxygen atoms in total. The molecule has 4 aromatic rings. The number of ketones is 1. The molecule has 3 aromatic carbocycles. The number of hydrogen-bond donors (Lipinski definition) is 1. The van der Waals surface area contributed by atoms with Crippen LogP contribution in [0.3, 0.4) is 0 Å². The van der Waals surface area contributed by atoms with Crippen molar-refractivity contribution >= 4 is 52.0 Å². The molecule has 0 fully saturated rings. The predicted molar refractivity (Wildman–Crippen MR) is 154 cm³/mol. The van der Waals surface area contributed by atoms with E-state index in [-0.39, 0.29) is 22.1 Å². The number of methoxy groups -OCH3 is 1. The largest absolute Gasteiger partial charge is 0.503 e. The molecule has 1 aromatic heterocycles. The van der Waals surface area contributed by atoms with Crippen LogP contribution in [0, 0.1) is 5.82 Å². The molecule has 0 saturated carbocycles. The lowest BCUT2D eigenvalue weighted by Gasteiger charge is -2.23. The van der Waals surface area contributed by atoms with Crippen LogP contribution in [0.25, 0.3) is 6.08 Å². The smallest absolute Gasteiger partial charge is 0.337 e. The fraction of sp³-hybridized carbons (Fsp3) is 0.100. The first kappa shape index (κ1) is 27.9. The van der Waals surface area contributed by atoms with Gasteiger partial charge in [-0.3, -0.25) is 14.5 Å². The van der Waals surface area contributed by atoms with Gasteiger partial charge in [-0.25, -0.2) is 9.18 Å². The maximum Gasteiger partial charge on any atom is 0.337 e. The summed E-state index contributed by atoms with van der Waals surface area (Å²) >= 11 is 2.48. The minimum absolute atomic E-state index is 0.122. The van der Waals surface area contributed by atoms with Crippen molar-refractivity contribution < 1.29 is 28.6 Å². The average molecular weight is 588 g/mol. The van der Waals surface area contributed by atoms with Gasteiger partial charge in [0.15, 0.2) is 15.9 Å². The summed E-state index contributed by atoms with van der Waals surface area (Å²) in [6, 6.07) is 20.4. The number of benzene rings is 3. The van der Waals surface area contributed by atoms with Crippen LogP contribution in [0.2, 0.25) is 0 Å². The van der Waals surface area contributed by atoms with Crippen molar-refractivity contribution in [2.75, 3.05) is 12.0 Å². The number of aliphatic hydroxyl groups excluding tert-OH is 1. The molecule has 11 heteroatoms. The number of nitrogens with zero attached hydrogens (tertiary/aromatic N) is 3. The van der Waals surface area contributed by atoms with E-state index in [4.69, 9.17) is 4.74 Å². The molecule has 41 heavy (non-hydrogen) atoms. The number of ether oxygens (including phenoxy) is 1. The summed E-state index contributed by atoms with van der Waals surface area (Å²) < 4.78 is 18.5. The van der Waals surface area contributed by atoms with E-state index >= 15 is 0 Å². The summed E-state index contributed by atoms with van der Waals surface area (Å²) in [4.78, 5) is 40.0. The Morgan fingerprint density at radius 3 is 2.44 bits per heavy atom. The van der Waals surface area contributed by atoms with Gasteiger partial charge in [0, 0.05) is 5.75 Å². The van der Waals surface area contributed by atoms with Crippen LogP contribution in [-0.4, -0.2) is 40.1 Å². The van der Waals surface area contributed by atoms with E-state index < -0.39 is 29.5 Å². The van der Waals surface area contributed by atoms with Crippen LogP contribution in [0.1, 0.15) is 33.1 Å². The van der Waals surface area contributed by atoms with Gasteiger partial charge in [0.05, 0.1) is 24.3 Å². The Labute approximate surface area is 242 Å². The van der Waals surface area contributed by atoms with Crippen molar-refractivity contribution in [3.05, 3.63) is 124 Å². The number of thioether (sulfide) groups is 1. The number of allylic oxidation sites excluding steroid dienone is 1. The van der Waals surface area contributed by atoms with E-state index in [0.29, 0.717) is 15.7 Å². The summed E-state index contributed by atoms with van der Waals surface area (Å²) in [7, 11) is 1.27. The highest BCUT2D eigenvalue weighted by molar-refractivity contribution is 8.00. The number of amides is 1. The third-order valence-electron chi connectivity index (χ3n) is 6.23. The number of aliphatic hydroxyl groups is 1. The monoisotopic (exact) mass is 587 g/mol. The van der Waals surface area contributed by atoms with Crippen molar-refractivity contribution in [2.45, 2.75) is 16.1 Å². The van der Waals surface area contributed by atoms with Crippen LogP contribution in [-0.2, 0) is 20.1 Å². The molecule has 1 unspecified atom stereocenters. The quantitative estimate of drug-likeness (QED) is 0.111. The van der Waals surface area contributed by atoms with Gasteiger partial charge in [0.1, 0.15) is 5.82 Å². The molecule has 1 amide bonds. The number of hydrogen-bond acceptors (Lipinski definition) is 9. The molecular formula is C30H22FN3O5S2. The fourth-order valence-corrected chi connectivity index (χ4v) is 6.02. The van der Waals surface area contributed by atoms with Crippen LogP contribution in [0.5, 0.6) is 0 Å². The molecule has 0 bridgehead atoms. The molecule has 0 spiro atoms. The lowest BCUT2D eigenvalue weighted by molar-refractivity contribution is -0.117. The topological polar surface area (TPSA) is 110 Å². The summed E-state index contributed by atoms with van der Waals surface area (Å²) in [5, 5.41) is 19.5. The second-order valence-corrected chi connectivity index (χ2v) is 11.0. The summed E-state index contributed by atoms with van der Waals surface area (Å²) in [6.45, 7) is 0. The van der Waals surface area contributed by atoms with Gasteiger partial charge in [0.25, 0.3) is 5.91 Å². The Morgan fingerprint density at radius 1 is 1.05 bits per heavy atom. The minimum Gasteiger partial charge on any atom is -0.503 e. The minimum atomic E-state index is -1.02. The van der Waals surface area contributed by atoms with Crippen LogP contribution < -0.4 is 4.90 Å². The van der Waals surface area contributed by atoms with E-state index in [0.717, 1.165) is 22.5 Å². The fourth-order valence-electron chi connectivity index (χ4n) is 4.20. The first-order valence-corrected chi connectivity index (χ1v) is 14.1. The molecule has 2 heterocycles. The van der Waals surface area contributed by atoms with E-state index in [2.05, 4.69) is 10.2 Å². The third-order valence-corrected chi connectivity index (χ3v) is 8.35. The zero-order valence-electron chi connectivity index (χ0n) is 21.6. The lowest BCUT2D eigenvalue weighted by atomic mass is 9.95. The number of carbonyl (C=O) groups excluding carboxylic acids is 3. The van der Waals surface area contributed by atoms with Crippen molar-refractivity contribution in [1.82, 2.24) is 10.2 Å². The first-order valence-electron chi connectivity index (χ1n) is 12.3. The van der Waals surface area contributed by atoms with Gasteiger partial charge in [-0.15, -0.1) is 10.2 Å². The SMILES string of the molecule is COC(=O)c1ccc(C2C(C(=O)/C=C/c3ccccc3)=C(O)C(=O)N2c2nnc(SCc3ccc(F)cc3)s2)cc1. The van der Waals surface area contributed by atoms with Gasteiger partial charge in [-0.1, -0.05) is 83.8 Å². The van der Waals surface area contributed by atoms with Gasteiger partial charge in [-0.2, -0.15) is 0 Å². The molecule has 1 aliphatic heterocycles. The van der Waals surface area contributed by atoms with E-state index in [1.165, 1.54) is 54.1 Å². The summed E-state index contributed by atoms with van der Waals surface area (Å²) in [6.07, 6.45) is 2.90. The first-order chi connectivity index (χ1) is 19.9. The van der Waals surface area contributed by atoms with Gasteiger partial charge in [0.2, 0.25) is 5.13 Å². The number of esters is 1. The highest BCUT2D eigenvalue weighted by Crippen LogP contribution is 2.43. The van der Waals surface area contributed by atoms with Gasteiger partial charge < -0.3 is 9.84 Å². The molecule has 5 rings (SSSR count). The van der Waals surface area contributed by atoms with Crippen molar-refractivity contribution in [1.29, 1.82) is 0 Å². The van der Waals surface area contributed by atoms with Crippen LogP contribution >= 0.6 is 23.1 Å². The molecular weight excluding hydrogens is 565 g/mol. The van der Waals surface area contributed by atoms with E-state index in [1.54, 1.807) is 30.3 Å². The van der Waals surface area contributed by atoms with Gasteiger partial charge in [-0.05, 0) is 47.0 Å². The summed E-state index contributed by atoms with van der Waals surface area (Å²) in [5.41, 5.74) is 2.29. The Balaban J connectivity index is 1.47. The molecule has 1 aliphatic rings. The molecule has 0 saturated heterocycles. The third kappa shape index (κ3) is 6.11. The van der Waals surface area contributed by atoms with Gasteiger partial charge >= 0.3 is 5.97 Å². The molecule has 1 N–H and O–H groups in total. The van der Waals surface area contributed by atoms with Crippen LogP contribution in [0.15, 0.2) is 101 Å². The summed E-state index contributed by atoms with van der Waals surface area (Å²) in [5.74, 6) is -2.41. The van der Waals surface area contributed by atoms with E-state index in [1.807, 2.05) is 30.3 Å². The number of carbonyl (C=O) groups is 3. The van der Waals surface area contributed by atoms with E-state index in [9.17, 15) is 23.9 Å². The Morgan fingerprint density at radius 2 is 1.76 bits per heavy atom. The zero-order valence-corrected chi connectivity index (χ0v) is 23.2. The molecule has 1 atom stereocenters. The lowest BCUT2D eigenvalue weighted by Crippen LogP contribution is -2.30. The van der Waals surface area contributed by atoms with Crippen molar-refractivity contribution in [3.63, 3.8) is 0 Å². The zero-order chi connectivity index (χ0) is 28.9. The van der Waals surface area contributed by atoms with Crippen molar-refractivity contribution in [2.24, 2.45) is 0 Å². The Kier molecular flexibility index (Phi) is 8.37. The average Bonchev–Trinajstić information content (AvgIpc) is 3.57. The Bertz CT molecular complexity index is 1650. The molecule has 0 aliphatic carbocycles.